The van der Waals surface area contributed by atoms with Crippen LogP contribution in [0.4, 0.5) is 0 Å². The minimum atomic E-state index is -3.69. The van der Waals surface area contributed by atoms with Gasteiger partial charge in [0.2, 0.25) is 0 Å². The highest BCUT2D eigenvalue weighted by Gasteiger charge is 2.12. The summed E-state index contributed by atoms with van der Waals surface area (Å²) in [5.41, 5.74) is 2.62. The van der Waals surface area contributed by atoms with Crippen LogP contribution >= 0.6 is 11.6 Å². The summed E-state index contributed by atoms with van der Waals surface area (Å²) in [6.07, 6.45) is 3.32. The lowest BCUT2D eigenvalue weighted by molar-refractivity contribution is 0.584. The summed E-state index contributed by atoms with van der Waals surface area (Å²) in [4.78, 5) is 2.40. The van der Waals surface area contributed by atoms with Crippen molar-refractivity contribution in [2.24, 2.45) is 5.10 Å². The van der Waals surface area contributed by atoms with E-state index in [2.05, 4.69) is 9.93 Å². The fourth-order valence-corrected chi connectivity index (χ4v) is 3.19. The van der Waals surface area contributed by atoms with Gasteiger partial charge in [0.15, 0.2) is 0 Å². The van der Waals surface area contributed by atoms with Crippen molar-refractivity contribution in [2.75, 3.05) is 0 Å². The quantitative estimate of drug-likeness (QED) is 0.546. The van der Waals surface area contributed by atoms with Crippen LogP contribution in [0.1, 0.15) is 11.3 Å². The summed E-state index contributed by atoms with van der Waals surface area (Å²) >= 11 is 5.90. The minimum Gasteiger partial charge on any atom is -0.316 e. The SMILES string of the molecule is Cc1ccc(S(=O)(=O)N/N=C\c2cccn2-c2ccc(Cl)cc2)cc1. The largest absolute Gasteiger partial charge is 0.316 e. The summed E-state index contributed by atoms with van der Waals surface area (Å²) in [5, 5.41) is 4.53. The number of nitrogens with zero attached hydrogens (tertiary/aromatic N) is 2. The number of aryl methyl sites for hydroxylation is 1. The lowest BCUT2D eigenvalue weighted by Crippen LogP contribution is -2.18. The third-order valence-electron chi connectivity index (χ3n) is 3.59. The van der Waals surface area contributed by atoms with E-state index in [1.54, 1.807) is 36.4 Å². The topological polar surface area (TPSA) is 63.5 Å². The third kappa shape index (κ3) is 4.10. The Hall–Kier alpha value is -2.57. The highest BCUT2D eigenvalue weighted by atomic mass is 35.5. The van der Waals surface area contributed by atoms with Crippen molar-refractivity contribution >= 4 is 27.8 Å². The van der Waals surface area contributed by atoms with E-state index < -0.39 is 10.0 Å². The molecular weight excluding hydrogens is 358 g/mol. The van der Waals surface area contributed by atoms with Gasteiger partial charge in [-0.1, -0.05) is 29.3 Å². The number of rotatable bonds is 5. The number of benzene rings is 2. The average Bonchev–Trinajstić information content (AvgIpc) is 3.04. The summed E-state index contributed by atoms with van der Waals surface area (Å²) in [7, 11) is -3.69. The van der Waals surface area contributed by atoms with E-state index in [9.17, 15) is 8.42 Å². The molecule has 0 amide bonds. The van der Waals surface area contributed by atoms with E-state index in [1.165, 1.54) is 6.21 Å². The molecule has 1 N–H and O–H groups in total. The van der Waals surface area contributed by atoms with Crippen molar-refractivity contribution in [3.05, 3.63) is 83.1 Å². The lowest BCUT2D eigenvalue weighted by atomic mass is 10.2. The summed E-state index contributed by atoms with van der Waals surface area (Å²) in [5.74, 6) is 0. The molecule has 5 nitrogen and oxygen atoms in total. The Kier molecular flexibility index (Phi) is 4.92. The molecule has 0 radical (unpaired) electrons. The molecule has 0 saturated heterocycles. The molecular formula is C18H16ClN3O2S. The Bertz CT molecular complexity index is 992. The second kappa shape index (κ2) is 7.13. The Morgan fingerprint density at radius 1 is 1.04 bits per heavy atom. The highest BCUT2D eigenvalue weighted by molar-refractivity contribution is 7.89. The molecule has 0 bridgehead atoms. The Morgan fingerprint density at radius 3 is 2.40 bits per heavy atom. The maximum atomic E-state index is 12.2. The van der Waals surface area contributed by atoms with Crippen molar-refractivity contribution in [3.63, 3.8) is 0 Å². The molecule has 0 aliphatic heterocycles. The number of aromatic nitrogens is 1. The van der Waals surface area contributed by atoms with Crippen LogP contribution in [-0.4, -0.2) is 19.2 Å². The second-order valence-corrected chi connectivity index (χ2v) is 7.54. The first kappa shape index (κ1) is 17.3. The van der Waals surface area contributed by atoms with Crippen LogP contribution in [-0.2, 0) is 10.0 Å². The zero-order valence-electron chi connectivity index (χ0n) is 13.4. The smallest absolute Gasteiger partial charge is 0.276 e. The first-order valence-electron chi connectivity index (χ1n) is 7.50. The number of hydrogen-bond acceptors (Lipinski definition) is 3. The second-order valence-electron chi connectivity index (χ2n) is 5.45. The van der Waals surface area contributed by atoms with Gasteiger partial charge in [-0.2, -0.15) is 13.5 Å². The summed E-state index contributed by atoms with van der Waals surface area (Å²) in [6, 6.07) is 17.6. The number of hydrogen-bond donors (Lipinski definition) is 1. The van der Waals surface area contributed by atoms with Crippen LogP contribution < -0.4 is 4.83 Å². The molecule has 3 aromatic rings. The number of halogens is 1. The van der Waals surface area contributed by atoms with Crippen LogP contribution in [0, 0.1) is 6.92 Å². The van der Waals surface area contributed by atoms with Gasteiger partial charge < -0.3 is 4.57 Å². The molecule has 7 heteroatoms. The van der Waals surface area contributed by atoms with Gasteiger partial charge in [0.25, 0.3) is 10.0 Å². The van der Waals surface area contributed by atoms with E-state index in [4.69, 9.17) is 11.6 Å². The van der Waals surface area contributed by atoms with Crippen LogP contribution in [0.3, 0.4) is 0 Å². The van der Waals surface area contributed by atoms with Gasteiger partial charge in [-0.15, -0.1) is 0 Å². The third-order valence-corrected chi connectivity index (χ3v) is 5.08. The van der Waals surface area contributed by atoms with Crippen molar-refractivity contribution in [3.8, 4) is 5.69 Å². The first-order chi connectivity index (χ1) is 12.0. The van der Waals surface area contributed by atoms with Crippen molar-refractivity contribution in [1.82, 2.24) is 9.40 Å². The molecule has 1 aromatic heterocycles. The van der Waals surface area contributed by atoms with Gasteiger partial charge in [0.1, 0.15) is 0 Å². The summed E-state index contributed by atoms with van der Waals surface area (Å²) < 4.78 is 26.3. The van der Waals surface area contributed by atoms with Gasteiger partial charge in [-0.25, -0.2) is 4.83 Å². The molecule has 128 valence electrons. The van der Waals surface area contributed by atoms with E-state index in [0.29, 0.717) is 5.02 Å². The van der Waals surface area contributed by atoms with E-state index in [0.717, 1.165) is 16.9 Å². The average molecular weight is 374 g/mol. The minimum absolute atomic E-state index is 0.170. The van der Waals surface area contributed by atoms with Gasteiger partial charge in [0.05, 0.1) is 16.8 Å². The molecule has 1 heterocycles. The van der Waals surface area contributed by atoms with E-state index in [1.807, 2.05) is 42.0 Å². The first-order valence-corrected chi connectivity index (χ1v) is 9.37. The summed E-state index contributed by atoms with van der Waals surface area (Å²) in [6.45, 7) is 1.90. The van der Waals surface area contributed by atoms with Crippen LogP contribution in [0.15, 0.2) is 76.9 Å². The molecule has 0 unspecified atom stereocenters. The Balaban J connectivity index is 1.78. The molecule has 0 atom stereocenters. The van der Waals surface area contributed by atoms with Crippen LogP contribution in [0.5, 0.6) is 0 Å². The van der Waals surface area contributed by atoms with Crippen molar-refractivity contribution in [2.45, 2.75) is 11.8 Å². The number of sulfonamides is 1. The Labute approximate surface area is 151 Å². The Morgan fingerprint density at radius 2 is 1.72 bits per heavy atom. The monoisotopic (exact) mass is 373 g/mol. The standard InChI is InChI=1S/C18H16ClN3O2S/c1-14-4-10-18(11-5-14)25(23,24)21-20-13-17-3-2-12-22(17)16-8-6-15(19)7-9-16/h2-13,21H,1H3/b20-13-. The maximum Gasteiger partial charge on any atom is 0.276 e. The fourth-order valence-electron chi connectivity index (χ4n) is 2.27. The number of nitrogens with one attached hydrogen (secondary N) is 1. The molecule has 0 fully saturated rings. The molecule has 0 aliphatic rings. The van der Waals surface area contributed by atoms with E-state index >= 15 is 0 Å². The van der Waals surface area contributed by atoms with Crippen LogP contribution in [0.2, 0.25) is 5.02 Å². The molecule has 0 aliphatic carbocycles. The fraction of sp³-hybridized carbons (Fsp3) is 0.0556. The van der Waals surface area contributed by atoms with Gasteiger partial charge >= 0.3 is 0 Å². The predicted molar refractivity (Wildman–Crippen MR) is 99.9 cm³/mol. The van der Waals surface area contributed by atoms with Gasteiger partial charge in [-0.3, -0.25) is 0 Å². The zero-order chi connectivity index (χ0) is 17.9. The van der Waals surface area contributed by atoms with Crippen molar-refractivity contribution in [1.29, 1.82) is 0 Å². The molecule has 0 spiro atoms. The maximum absolute atomic E-state index is 12.2. The molecule has 0 saturated carbocycles. The highest BCUT2D eigenvalue weighted by Crippen LogP contribution is 2.15. The molecule has 25 heavy (non-hydrogen) atoms. The van der Waals surface area contributed by atoms with Gasteiger partial charge in [-0.05, 0) is 55.5 Å². The van der Waals surface area contributed by atoms with E-state index in [-0.39, 0.29) is 4.90 Å². The predicted octanol–water partition coefficient (Wildman–Crippen LogP) is 3.75. The van der Waals surface area contributed by atoms with Gasteiger partial charge in [0, 0.05) is 16.9 Å². The number of hydrazone groups is 1. The zero-order valence-corrected chi connectivity index (χ0v) is 15.0. The lowest BCUT2D eigenvalue weighted by Gasteiger charge is -2.07. The molecule has 3 rings (SSSR count). The normalized spacial score (nSPS) is 11.8. The van der Waals surface area contributed by atoms with Crippen molar-refractivity contribution < 1.29 is 8.42 Å². The van der Waals surface area contributed by atoms with Crippen LogP contribution in [0.25, 0.3) is 5.69 Å². The molecule has 2 aromatic carbocycles.